The number of nitrogens with one attached hydrogen (secondary N) is 1. The van der Waals surface area contributed by atoms with E-state index in [0.717, 1.165) is 51.4 Å². The molecule has 37 heavy (non-hydrogen) atoms. The average molecular weight is 526 g/mol. The van der Waals surface area contributed by atoms with Crippen molar-refractivity contribution in [2.75, 3.05) is 33.5 Å². The number of hydrogen-bond acceptors (Lipinski definition) is 6. The Bertz CT molecular complexity index is 747. The van der Waals surface area contributed by atoms with E-state index in [1.165, 1.54) is 24.6 Å². The van der Waals surface area contributed by atoms with Gasteiger partial charge in [-0.2, -0.15) is 0 Å². The fourth-order valence-electron chi connectivity index (χ4n) is 3.91. The number of hydrogen-bond donors (Lipinski definition) is 1. The third kappa shape index (κ3) is 15.7. The summed E-state index contributed by atoms with van der Waals surface area (Å²) in [4.78, 5) is 24.7. The molecule has 7 nitrogen and oxygen atoms in total. The number of methoxy groups -OCH3 is 1. The summed E-state index contributed by atoms with van der Waals surface area (Å²) in [5.74, 6) is -1.13. The SMILES string of the molecule is CCCCCCC(COC(C)COC)OCC(CCCCCC)OC(=O)NCC(=O)c1ccccc1F. The molecule has 0 aliphatic heterocycles. The molecule has 3 unspecified atom stereocenters. The summed E-state index contributed by atoms with van der Waals surface area (Å²) in [6.45, 7) is 7.16. The van der Waals surface area contributed by atoms with Crippen molar-refractivity contribution in [1.29, 1.82) is 0 Å². The number of rotatable bonds is 22. The second-order valence-electron chi connectivity index (χ2n) is 9.54. The molecule has 8 heteroatoms. The maximum atomic E-state index is 13.8. The Balaban J connectivity index is 2.66. The van der Waals surface area contributed by atoms with E-state index in [2.05, 4.69) is 19.2 Å². The number of amides is 1. The van der Waals surface area contributed by atoms with Crippen LogP contribution in [0.25, 0.3) is 0 Å². The molecule has 0 saturated heterocycles. The van der Waals surface area contributed by atoms with E-state index in [4.69, 9.17) is 18.9 Å². The lowest BCUT2D eigenvalue weighted by atomic mass is 10.1. The fourth-order valence-corrected chi connectivity index (χ4v) is 3.91. The summed E-state index contributed by atoms with van der Waals surface area (Å²) in [5, 5.41) is 2.46. The lowest BCUT2D eigenvalue weighted by molar-refractivity contribution is -0.0799. The zero-order valence-corrected chi connectivity index (χ0v) is 23.3. The van der Waals surface area contributed by atoms with Gasteiger partial charge in [0.2, 0.25) is 0 Å². The normalized spacial score (nSPS) is 13.6. The van der Waals surface area contributed by atoms with Crippen LogP contribution in [0.5, 0.6) is 0 Å². The molecule has 0 aliphatic carbocycles. The van der Waals surface area contributed by atoms with E-state index in [1.54, 1.807) is 13.2 Å². The van der Waals surface area contributed by atoms with Crippen molar-refractivity contribution >= 4 is 11.9 Å². The standard InChI is InChI=1S/C29H48FNO6/c1-5-7-9-11-15-24(21-35-23(3)20-34-4)36-22-25(16-12-10-8-6-2)37-29(33)31-19-28(32)26-17-13-14-18-27(26)30/h13-14,17-18,23-25H,5-12,15-16,19-22H2,1-4H3,(H,31,33). The molecule has 0 fully saturated rings. The zero-order valence-electron chi connectivity index (χ0n) is 23.3. The van der Waals surface area contributed by atoms with Crippen LogP contribution < -0.4 is 5.32 Å². The van der Waals surface area contributed by atoms with Crippen molar-refractivity contribution in [1.82, 2.24) is 5.32 Å². The molecule has 1 amide bonds. The Kier molecular flexibility index (Phi) is 18.7. The molecule has 1 rings (SSSR count). The average Bonchev–Trinajstić information content (AvgIpc) is 2.88. The highest BCUT2D eigenvalue weighted by molar-refractivity contribution is 5.99. The van der Waals surface area contributed by atoms with E-state index >= 15 is 0 Å². The van der Waals surface area contributed by atoms with Crippen molar-refractivity contribution in [2.24, 2.45) is 0 Å². The Hall–Kier alpha value is -2.03. The van der Waals surface area contributed by atoms with Crippen molar-refractivity contribution < 1.29 is 32.9 Å². The lowest BCUT2D eigenvalue weighted by Crippen LogP contribution is -2.36. The van der Waals surface area contributed by atoms with Crippen LogP contribution in [0.2, 0.25) is 0 Å². The minimum Gasteiger partial charge on any atom is -0.444 e. The zero-order chi connectivity index (χ0) is 27.3. The van der Waals surface area contributed by atoms with Crippen molar-refractivity contribution in [3.63, 3.8) is 0 Å². The molecular formula is C29H48FNO6. The van der Waals surface area contributed by atoms with Gasteiger partial charge >= 0.3 is 6.09 Å². The predicted octanol–water partition coefficient (Wildman–Crippen LogP) is 6.48. The number of ether oxygens (including phenoxy) is 4. The van der Waals surface area contributed by atoms with Gasteiger partial charge < -0.3 is 24.3 Å². The van der Waals surface area contributed by atoms with Crippen LogP contribution in [0, 0.1) is 5.82 Å². The summed E-state index contributed by atoms with van der Waals surface area (Å²) >= 11 is 0. The van der Waals surface area contributed by atoms with Gasteiger partial charge in [0.25, 0.3) is 0 Å². The predicted molar refractivity (Wildman–Crippen MR) is 144 cm³/mol. The second kappa shape index (κ2) is 21.0. The third-order valence-electron chi connectivity index (χ3n) is 6.09. The Labute approximate surface area is 222 Å². The second-order valence-corrected chi connectivity index (χ2v) is 9.54. The molecule has 0 bridgehead atoms. The molecule has 0 radical (unpaired) electrons. The molecule has 0 heterocycles. The summed E-state index contributed by atoms with van der Waals surface area (Å²) < 4.78 is 36.7. The monoisotopic (exact) mass is 525 g/mol. The Morgan fingerprint density at radius 3 is 2.11 bits per heavy atom. The highest BCUT2D eigenvalue weighted by atomic mass is 19.1. The van der Waals surface area contributed by atoms with E-state index in [0.29, 0.717) is 19.6 Å². The number of Topliss-reactive ketones (excluding diaryl/α,β-unsaturated/α-hetero) is 1. The summed E-state index contributed by atoms with van der Waals surface area (Å²) in [6.07, 6.45) is 8.93. The van der Waals surface area contributed by atoms with Crippen LogP contribution in [-0.2, 0) is 18.9 Å². The number of alkyl carbamates (subject to hydrolysis) is 1. The number of halogens is 1. The first-order chi connectivity index (χ1) is 17.9. The van der Waals surface area contributed by atoms with E-state index < -0.39 is 23.8 Å². The van der Waals surface area contributed by atoms with Gasteiger partial charge in [0, 0.05) is 7.11 Å². The van der Waals surface area contributed by atoms with E-state index in [-0.39, 0.29) is 30.9 Å². The fraction of sp³-hybridized carbons (Fsp3) is 0.724. The van der Waals surface area contributed by atoms with Crippen LogP contribution >= 0.6 is 0 Å². The summed E-state index contributed by atoms with van der Waals surface area (Å²) in [6, 6.07) is 5.70. The van der Waals surface area contributed by atoms with Crippen molar-refractivity contribution in [2.45, 2.75) is 103 Å². The molecule has 1 N–H and O–H groups in total. The highest BCUT2D eigenvalue weighted by Gasteiger charge is 2.20. The molecule has 1 aromatic rings. The Morgan fingerprint density at radius 1 is 0.865 bits per heavy atom. The Morgan fingerprint density at radius 2 is 1.49 bits per heavy atom. The van der Waals surface area contributed by atoms with E-state index in [1.807, 2.05) is 6.92 Å². The largest absolute Gasteiger partial charge is 0.444 e. The molecule has 0 aliphatic rings. The van der Waals surface area contributed by atoms with Crippen LogP contribution in [0.3, 0.4) is 0 Å². The summed E-state index contributed by atoms with van der Waals surface area (Å²) in [7, 11) is 1.65. The first-order valence-electron chi connectivity index (χ1n) is 13.8. The van der Waals surface area contributed by atoms with Crippen molar-refractivity contribution in [3.05, 3.63) is 35.6 Å². The first kappa shape index (κ1) is 33.0. The number of carbonyl (C=O) groups is 2. The summed E-state index contributed by atoms with van der Waals surface area (Å²) in [5.41, 5.74) is -0.0594. The van der Waals surface area contributed by atoms with Crippen LogP contribution in [0.4, 0.5) is 9.18 Å². The van der Waals surface area contributed by atoms with Gasteiger partial charge in [-0.1, -0.05) is 70.9 Å². The number of benzene rings is 1. The minimum atomic E-state index is -0.710. The molecular weight excluding hydrogens is 477 g/mol. The van der Waals surface area contributed by atoms with E-state index in [9.17, 15) is 14.0 Å². The topological polar surface area (TPSA) is 83.1 Å². The maximum Gasteiger partial charge on any atom is 0.407 e. The maximum absolute atomic E-state index is 13.8. The lowest BCUT2D eigenvalue weighted by Gasteiger charge is -2.24. The quantitative estimate of drug-likeness (QED) is 0.138. The third-order valence-corrected chi connectivity index (χ3v) is 6.09. The molecule has 1 aromatic carbocycles. The molecule has 0 aromatic heterocycles. The first-order valence-corrected chi connectivity index (χ1v) is 13.8. The number of carbonyl (C=O) groups excluding carboxylic acids is 2. The van der Waals surface area contributed by atoms with Crippen LogP contribution in [-0.4, -0.2) is 63.7 Å². The van der Waals surface area contributed by atoms with Gasteiger partial charge in [0.05, 0.1) is 44.1 Å². The van der Waals surface area contributed by atoms with Gasteiger partial charge in [0.15, 0.2) is 5.78 Å². The van der Waals surface area contributed by atoms with Gasteiger partial charge in [-0.25, -0.2) is 9.18 Å². The van der Waals surface area contributed by atoms with Gasteiger partial charge in [-0.3, -0.25) is 4.79 Å². The van der Waals surface area contributed by atoms with Crippen LogP contribution in [0.1, 0.15) is 95.3 Å². The van der Waals surface area contributed by atoms with Crippen LogP contribution in [0.15, 0.2) is 24.3 Å². The molecule has 0 spiro atoms. The molecule has 0 saturated carbocycles. The minimum absolute atomic E-state index is 0.0365. The van der Waals surface area contributed by atoms with Crippen molar-refractivity contribution in [3.8, 4) is 0 Å². The number of unbranched alkanes of at least 4 members (excludes halogenated alkanes) is 6. The smallest absolute Gasteiger partial charge is 0.407 e. The number of ketones is 1. The van der Waals surface area contributed by atoms with Gasteiger partial charge in [0.1, 0.15) is 11.9 Å². The highest BCUT2D eigenvalue weighted by Crippen LogP contribution is 2.14. The van der Waals surface area contributed by atoms with Gasteiger partial charge in [-0.15, -0.1) is 0 Å². The van der Waals surface area contributed by atoms with Gasteiger partial charge in [-0.05, 0) is 38.3 Å². The molecule has 212 valence electrons. The molecule has 3 atom stereocenters.